The highest BCUT2D eigenvalue weighted by molar-refractivity contribution is 9.10. The smallest absolute Gasteiger partial charge is 0.281 e. The Kier molecular flexibility index (Phi) is 3.97. The molecule has 2 rings (SSSR count). The van der Waals surface area contributed by atoms with E-state index in [1.54, 1.807) is 4.68 Å². The second-order valence-corrected chi connectivity index (χ2v) is 5.74. The molecule has 0 aliphatic heterocycles. The van der Waals surface area contributed by atoms with Gasteiger partial charge in [-0.05, 0) is 39.5 Å². The second-order valence-electron chi connectivity index (χ2n) is 4.52. The minimum absolute atomic E-state index is 0.0429. The second kappa shape index (κ2) is 5.33. The third kappa shape index (κ3) is 2.70. The molecular weight excluding hydrogens is 316 g/mol. The Balaban J connectivity index is 2.36. The summed E-state index contributed by atoms with van der Waals surface area (Å²) in [6, 6.07) is 7.50. The first-order valence-corrected chi connectivity index (χ1v) is 6.88. The molecule has 0 aliphatic rings. The van der Waals surface area contributed by atoms with Gasteiger partial charge >= 0.3 is 0 Å². The van der Waals surface area contributed by atoms with Crippen molar-refractivity contribution in [1.29, 1.82) is 0 Å². The van der Waals surface area contributed by atoms with Crippen molar-refractivity contribution in [2.24, 2.45) is 0 Å². The Labute approximate surface area is 119 Å². The van der Waals surface area contributed by atoms with E-state index in [1.165, 1.54) is 0 Å². The molecule has 1 heterocycles. The lowest BCUT2D eigenvalue weighted by atomic mass is 10.1. The van der Waals surface area contributed by atoms with Crippen molar-refractivity contribution in [1.82, 2.24) is 9.78 Å². The maximum Gasteiger partial charge on any atom is 0.281 e. The summed E-state index contributed by atoms with van der Waals surface area (Å²) in [7, 11) is 0. The standard InChI is InChI=1S/C13H14BrClN2O/c1-8(2)12-11(14)13(18)17(16-12)7-9-4-3-5-10(15)6-9/h3-6,8,16H,7H2,1-2H3. The van der Waals surface area contributed by atoms with Gasteiger partial charge in [0.1, 0.15) is 4.47 Å². The highest BCUT2D eigenvalue weighted by Crippen LogP contribution is 2.19. The first-order chi connectivity index (χ1) is 8.49. The zero-order valence-electron chi connectivity index (χ0n) is 10.2. The number of rotatable bonds is 3. The fourth-order valence-corrected chi connectivity index (χ4v) is 2.76. The summed E-state index contributed by atoms with van der Waals surface area (Å²) in [6.45, 7) is 4.57. The molecule has 3 nitrogen and oxygen atoms in total. The summed E-state index contributed by atoms with van der Waals surface area (Å²) in [5.74, 6) is 0.271. The van der Waals surface area contributed by atoms with Crippen molar-refractivity contribution in [2.75, 3.05) is 0 Å². The Morgan fingerprint density at radius 2 is 2.17 bits per heavy atom. The van der Waals surface area contributed by atoms with Crippen molar-refractivity contribution in [2.45, 2.75) is 26.3 Å². The molecule has 2 aromatic rings. The van der Waals surface area contributed by atoms with Crippen LogP contribution >= 0.6 is 27.5 Å². The average molecular weight is 330 g/mol. The summed E-state index contributed by atoms with van der Waals surface area (Å²) in [5, 5.41) is 3.81. The normalized spacial score (nSPS) is 11.2. The van der Waals surface area contributed by atoms with Gasteiger partial charge in [0.05, 0.1) is 12.2 Å². The highest BCUT2D eigenvalue weighted by Gasteiger charge is 2.14. The molecule has 0 atom stereocenters. The first-order valence-electron chi connectivity index (χ1n) is 5.71. The van der Waals surface area contributed by atoms with Crippen LogP contribution in [0.2, 0.25) is 5.02 Å². The SMILES string of the molecule is CC(C)c1[nH]n(Cc2cccc(Cl)c2)c(=O)c1Br. The molecule has 5 heteroatoms. The number of H-pyrrole nitrogens is 1. The molecule has 0 fully saturated rings. The third-order valence-electron chi connectivity index (χ3n) is 2.73. The Morgan fingerprint density at radius 3 is 2.72 bits per heavy atom. The Morgan fingerprint density at radius 1 is 1.44 bits per heavy atom. The number of halogens is 2. The van der Waals surface area contributed by atoms with Gasteiger partial charge < -0.3 is 0 Å². The number of nitrogens with one attached hydrogen (secondary N) is 1. The van der Waals surface area contributed by atoms with E-state index in [0.717, 1.165) is 11.3 Å². The predicted molar refractivity (Wildman–Crippen MR) is 77.4 cm³/mol. The zero-order chi connectivity index (χ0) is 13.3. The number of benzene rings is 1. The van der Waals surface area contributed by atoms with E-state index in [9.17, 15) is 4.79 Å². The van der Waals surface area contributed by atoms with Gasteiger partial charge in [-0.25, -0.2) is 4.68 Å². The van der Waals surface area contributed by atoms with Crippen molar-refractivity contribution in [3.05, 3.63) is 55.4 Å². The molecule has 0 amide bonds. The van der Waals surface area contributed by atoms with Gasteiger partial charge in [-0.15, -0.1) is 0 Å². The van der Waals surface area contributed by atoms with Crippen LogP contribution in [0, 0.1) is 0 Å². The minimum Gasteiger partial charge on any atom is -0.298 e. The molecule has 1 N–H and O–H groups in total. The highest BCUT2D eigenvalue weighted by atomic mass is 79.9. The Hall–Kier alpha value is -1.00. The van der Waals surface area contributed by atoms with E-state index in [2.05, 4.69) is 21.0 Å². The Bertz CT molecular complexity index is 616. The van der Waals surface area contributed by atoms with E-state index in [0.29, 0.717) is 16.0 Å². The quantitative estimate of drug-likeness (QED) is 0.914. The molecule has 0 bridgehead atoms. The van der Waals surface area contributed by atoms with Gasteiger partial charge in [0.15, 0.2) is 0 Å². The van der Waals surface area contributed by atoms with E-state index in [4.69, 9.17) is 11.6 Å². The maximum absolute atomic E-state index is 12.0. The average Bonchev–Trinajstić information content (AvgIpc) is 2.58. The zero-order valence-corrected chi connectivity index (χ0v) is 12.5. The van der Waals surface area contributed by atoms with Gasteiger partial charge in [-0.3, -0.25) is 9.89 Å². The van der Waals surface area contributed by atoms with Gasteiger partial charge in [0.2, 0.25) is 0 Å². The maximum atomic E-state index is 12.0. The summed E-state index contributed by atoms with van der Waals surface area (Å²) >= 11 is 9.27. The van der Waals surface area contributed by atoms with Crippen LogP contribution in [0.25, 0.3) is 0 Å². The number of aromatic amines is 1. The van der Waals surface area contributed by atoms with Crippen molar-refractivity contribution < 1.29 is 0 Å². The van der Waals surface area contributed by atoms with Gasteiger partial charge in [0, 0.05) is 5.02 Å². The van der Waals surface area contributed by atoms with Crippen molar-refractivity contribution in [3.63, 3.8) is 0 Å². The summed E-state index contributed by atoms with van der Waals surface area (Å²) in [5.41, 5.74) is 1.87. The molecule has 0 aliphatic carbocycles. The fraction of sp³-hybridized carbons (Fsp3) is 0.308. The molecule has 1 aromatic carbocycles. The lowest BCUT2D eigenvalue weighted by Crippen LogP contribution is -2.17. The third-order valence-corrected chi connectivity index (χ3v) is 3.73. The van der Waals surface area contributed by atoms with Crippen LogP contribution in [0.4, 0.5) is 0 Å². The summed E-state index contributed by atoms with van der Waals surface area (Å²) < 4.78 is 2.20. The molecule has 18 heavy (non-hydrogen) atoms. The van der Waals surface area contributed by atoms with Crippen LogP contribution in [0.15, 0.2) is 33.5 Å². The molecule has 0 saturated carbocycles. The predicted octanol–water partition coefficient (Wildman–Crippen LogP) is 3.76. The lowest BCUT2D eigenvalue weighted by Gasteiger charge is -2.04. The molecular formula is C13H14BrClN2O. The number of aromatic nitrogens is 2. The van der Waals surface area contributed by atoms with E-state index in [-0.39, 0.29) is 11.5 Å². The molecule has 1 aromatic heterocycles. The van der Waals surface area contributed by atoms with E-state index < -0.39 is 0 Å². The van der Waals surface area contributed by atoms with Crippen molar-refractivity contribution in [3.8, 4) is 0 Å². The minimum atomic E-state index is -0.0429. The topological polar surface area (TPSA) is 37.8 Å². The molecule has 96 valence electrons. The van der Waals surface area contributed by atoms with Crippen molar-refractivity contribution >= 4 is 27.5 Å². The summed E-state index contributed by atoms with van der Waals surface area (Å²) in [6.07, 6.45) is 0. The van der Waals surface area contributed by atoms with Crippen LogP contribution in [-0.4, -0.2) is 9.78 Å². The molecule has 0 radical (unpaired) electrons. The largest absolute Gasteiger partial charge is 0.298 e. The number of hydrogen-bond donors (Lipinski definition) is 1. The molecule has 0 saturated heterocycles. The van der Waals surface area contributed by atoms with E-state index in [1.807, 2.05) is 38.1 Å². The van der Waals surface area contributed by atoms with E-state index >= 15 is 0 Å². The van der Waals surface area contributed by atoms with Gasteiger partial charge in [0.25, 0.3) is 5.56 Å². The molecule has 0 unspecified atom stereocenters. The van der Waals surface area contributed by atoms with Crippen LogP contribution in [0.3, 0.4) is 0 Å². The van der Waals surface area contributed by atoms with Crippen LogP contribution in [0.1, 0.15) is 31.0 Å². The number of hydrogen-bond acceptors (Lipinski definition) is 1. The molecule has 0 spiro atoms. The fourth-order valence-electron chi connectivity index (χ4n) is 1.79. The van der Waals surface area contributed by atoms with Gasteiger partial charge in [-0.2, -0.15) is 0 Å². The van der Waals surface area contributed by atoms with Crippen LogP contribution in [0.5, 0.6) is 0 Å². The number of nitrogens with zero attached hydrogens (tertiary/aromatic N) is 1. The van der Waals surface area contributed by atoms with Crippen LogP contribution in [-0.2, 0) is 6.54 Å². The van der Waals surface area contributed by atoms with Gasteiger partial charge in [-0.1, -0.05) is 37.6 Å². The monoisotopic (exact) mass is 328 g/mol. The lowest BCUT2D eigenvalue weighted by molar-refractivity contribution is 0.640. The first kappa shape index (κ1) is 13.4. The summed E-state index contributed by atoms with van der Waals surface area (Å²) in [4.78, 5) is 12.0. The van der Waals surface area contributed by atoms with Crippen LogP contribution < -0.4 is 5.56 Å².